The van der Waals surface area contributed by atoms with E-state index in [0.29, 0.717) is 32.6 Å². The molecule has 7 nitrogen and oxygen atoms in total. The van der Waals surface area contributed by atoms with Crippen LogP contribution >= 0.6 is 15.9 Å². The zero-order valence-electron chi connectivity index (χ0n) is 15.6. The Labute approximate surface area is 171 Å². The molecule has 8 heteroatoms. The SMILES string of the molecule is COc1cccc(CC(=O)N2CCN(C(=O)Cn3cc(Br)ccc3=O)CC2)c1. The summed E-state index contributed by atoms with van der Waals surface area (Å²) in [6.07, 6.45) is 1.91. The molecule has 0 atom stereocenters. The van der Waals surface area contributed by atoms with Gasteiger partial charge in [0.15, 0.2) is 0 Å². The largest absolute Gasteiger partial charge is 0.497 e. The van der Waals surface area contributed by atoms with Gasteiger partial charge in [-0.2, -0.15) is 0 Å². The predicted molar refractivity (Wildman–Crippen MR) is 108 cm³/mol. The Morgan fingerprint density at radius 2 is 1.71 bits per heavy atom. The number of amides is 2. The van der Waals surface area contributed by atoms with Crippen LogP contribution in [0.3, 0.4) is 0 Å². The monoisotopic (exact) mass is 447 g/mol. The third kappa shape index (κ3) is 5.01. The van der Waals surface area contributed by atoms with E-state index in [1.807, 2.05) is 24.3 Å². The first-order chi connectivity index (χ1) is 13.5. The average molecular weight is 448 g/mol. The summed E-state index contributed by atoms with van der Waals surface area (Å²) in [5.41, 5.74) is 0.681. The van der Waals surface area contributed by atoms with E-state index in [9.17, 15) is 14.4 Å². The summed E-state index contributed by atoms with van der Waals surface area (Å²) in [7, 11) is 1.60. The average Bonchev–Trinajstić information content (AvgIpc) is 2.71. The highest BCUT2D eigenvalue weighted by Gasteiger charge is 2.24. The zero-order chi connectivity index (χ0) is 20.1. The third-order valence-electron chi connectivity index (χ3n) is 4.73. The lowest BCUT2D eigenvalue weighted by atomic mass is 10.1. The number of carbonyl (C=O) groups excluding carboxylic acids is 2. The quantitative estimate of drug-likeness (QED) is 0.696. The number of nitrogens with zero attached hydrogens (tertiary/aromatic N) is 3. The van der Waals surface area contributed by atoms with Crippen LogP contribution < -0.4 is 10.3 Å². The maximum atomic E-state index is 12.5. The van der Waals surface area contributed by atoms with Gasteiger partial charge in [0.05, 0.1) is 13.5 Å². The fraction of sp³-hybridized carbons (Fsp3) is 0.350. The van der Waals surface area contributed by atoms with E-state index in [1.165, 1.54) is 10.6 Å². The van der Waals surface area contributed by atoms with Crippen molar-refractivity contribution in [2.75, 3.05) is 33.3 Å². The Balaban J connectivity index is 1.53. The molecular formula is C20H22BrN3O4. The molecule has 2 amide bonds. The maximum Gasteiger partial charge on any atom is 0.251 e. The second kappa shape index (κ2) is 9.05. The van der Waals surface area contributed by atoms with Gasteiger partial charge in [-0.05, 0) is 39.7 Å². The van der Waals surface area contributed by atoms with E-state index < -0.39 is 0 Å². The Morgan fingerprint density at radius 3 is 2.39 bits per heavy atom. The molecule has 1 saturated heterocycles. The molecule has 3 rings (SSSR count). The summed E-state index contributed by atoms with van der Waals surface area (Å²) in [6.45, 7) is 1.90. The normalized spacial score (nSPS) is 14.1. The van der Waals surface area contributed by atoms with Gasteiger partial charge >= 0.3 is 0 Å². The van der Waals surface area contributed by atoms with Crippen molar-refractivity contribution >= 4 is 27.7 Å². The number of hydrogen-bond acceptors (Lipinski definition) is 4. The minimum atomic E-state index is -0.219. The second-order valence-corrected chi connectivity index (χ2v) is 7.52. The van der Waals surface area contributed by atoms with Crippen LogP contribution in [-0.2, 0) is 22.6 Å². The number of ether oxygens (including phenoxy) is 1. The molecule has 0 spiro atoms. The smallest absolute Gasteiger partial charge is 0.251 e. The summed E-state index contributed by atoms with van der Waals surface area (Å²) < 4.78 is 7.32. The van der Waals surface area contributed by atoms with Crippen LogP contribution in [0.15, 0.2) is 51.9 Å². The number of benzene rings is 1. The maximum absolute atomic E-state index is 12.5. The van der Waals surface area contributed by atoms with E-state index in [-0.39, 0.29) is 23.9 Å². The molecule has 2 aromatic rings. The van der Waals surface area contributed by atoms with E-state index >= 15 is 0 Å². The molecule has 1 aromatic carbocycles. The van der Waals surface area contributed by atoms with Crippen molar-refractivity contribution in [3.8, 4) is 5.75 Å². The van der Waals surface area contributed by atoms with Crippen molar-refractivity contribution in [3.05, 3.63) is 63.0 Å². The van der Waals surface area contributed by atoms with Crippen molar-refractivity contribution in [1.29, 1.82) is 0 Å². The number of aromatic nitrogens is 1. The number of pyridine rings is 1. The highest BCUT2D eigenvalue weighted by atomic mass is 79.9. The highest BCUT2D eigenvalue weighted by Crippen LogP contribution is 2.14. The number of piperazine rings is 1. The molecule has 1 fully saturated rings. The molecule has 1 aliphatic heterocycles. The minimum absolute atomic E-state index is 0.00394. The van der Waals surface area contributed by atoms with Gasteiger partial charge in [-0.25, -0.2) is 0 Å². The first-order valence-electron chi connectivity index (χ1n) is 9.01. The fourth-order valence-electron chi connectivity index (χ4n) is 3.15. The Hall–Kier alpha value is -2.61. The first kappa shape index (κ1) is 20.1. The molecule has 0 saturated carbocycles. The third-order valence-corrected chi connectivity index (χ3v) is 5.20. The van der Waals surface area contributed by atoms with Crippen LogP contribution in [0.25, 0.3) is 0 Å². The lowest BCUT2D eigenvalue weighted by Gasteiger charge is -2.35. The zero-order valence-corrected chi connectivity index (χ0v) is 17.2. The standard InChI is InChI=1S/C20H22BrN3O4/c1-28-17-4-2-3-15(11-17)12-19(26)22-7-9-23(10-8-22)20(27)14-24-13-16(21)5-6-18(24)25/h2-6,11,13H,7-10,12,14H2,1H3. The molecule has 0 N–H and O–H groups in total. The molecule has 0 unspecified atom stereocenters. The highest BCUT2D eigenvalue weighted by molar-refractivity contribution is 9.10. The number of hydrogen-bond donors (Lipinski definition) is 0. The Morgan fingerprint density at radius 1 is 1.04 bits per heavy atom. The van der Waals surface area contributed by atoms with Gasteiger partial charge < -0.3 is 19.1 Å². The number of halogens is 1. The molecular weight excluding hydrogens is 426 g/mol. The van der Waals surface area contributed by atoms with Crippen LogP contribution in [0.4, 0.5) is 0 Å². The van der Waals surface area contributed by atoms with Gasteiger partial charge in [0.2, 0.25) is 11.8 Å². The minimum Gasteiger partial charge on any atom is -0.497 e. The van der Waals surface area contributed by atoms with Crippen molar-refractivity contribution in [2.45, 2.75) is 13.0 Å². The van der Waals surface area contributed by atoms with Crippen LogP contribution in [0.2, 0.25) is 0 Å². The van der Waals surface area contributed by atoms with E-state index in [0.717, 1.165) is 15.8 Å². The van der Waals surface area contributed by atoms with Gasteiger partial charge in [0.25, 0.3) is 5.56 Å². The van der Waals surface area contributed by atoms with Crippen molar-refractivity contribution < 1.29 is 14.3 Å². The van der Waals surface area contributed by atoms with Crippen LogP contribution in [0.5, 0.6) is 5.75 Å². The number of methoxy groups -OCH3 is 1. The summed E-state index contributed by atoms with van der Waals surface area (Å²) in [5.74, 6) is 0.632. The topological polar surface area (TPSA) is 71.8 Å². The fourth-order valence-corrected chi connectivity index (χ4v) is 3.52. The van der Waals surface area contributed by atoms with Gasteiger partial charge in [-0.3, -0.25) is 14.4 Å². The second-order valence-electron chi connectivity index (χ2n) is 6.60. The summed E-state index contributed by atoms with van der Waals surface area (Å²) >= 11 is 3.31. The van der Waals surface area contributed by atoms with Crippen LogP contribution in [-0.4, -0.2) is 59.5 Å². The molecule has 28 heavy (non-hydrogen) atoms. The number of carbonyl (C=O) groups is 2. The molecule has 1 aliphatic rings. The molecule has 148 valence electrons. The molecule has 0 bridgehead atoms. The predicted octanol–water partition coefficient (Wildman–Crippen LogP) is 1.53. The van der Waals surface area contributed by atoms with Gasteiger partial charge in [0.1, 0.15) is 12.3 Å². The summed E-state index contributed by atoms with van der Waals surface area (Å²) in [5, 5.41) is 0. The summed E-state index contributed by atoms with van der Waals surface area (Å²) in [6, 6.07) is 10.5. The molecule has 0 radical (unpaired) electrons. The summed E-state index contributed by atoms with van der Waals surface area (Å²) in [4.78, 5) is 40.4. The van der Waals surface area contributed by atoms with Gasteiger partial charge in [-0.15, -0.1) is 0 Å². The van der Waals surface area contributed by atoms with Crippen LogP contribution in [0, 0.1) is 0 Å². The van der Waals surface area contributed by atoms with Crippen molar-refractivity contribution in [3.63, 3.8) is 0 Å². The Kier molecular flexibility index (Phi) is 6.51. The van der Waals surface area contributed by atoms with E-state index in [4.69, 9.17) is 4.74 Å². The van der Waals surface area contributed by atoms with Crippen molar-refractivity contribution in [2.24, 2.45) is 0 Å². The molecule has 0 aliphatic carbocycles. The lowest BCUT2D eigenvalue weighted by Crippen LogP contribution is -2.51. The van der Waals surface area contributed by atoms with Crippen molar-refractivity contribution in [1.82, 2.24) is 14.4 Å². The molecule has 1 aromatic heterocycles. The Bertz CT molecular complexity index is 920. The first-order valence-corrected chi connectivity index (χ1v) is 9.80. The van der Waals surface area contributed by atoms with Gasteiger partial charge in [-0.1, -0.05) is 12.1 Å². The van der Waals surface area contributed by atoms with Gasteiger partial charge in [0, 0.05) is 42.9 Å². The van der Waals surface area contributed by atoms with E-state index in [2.05, 4.69) is 15.9 Å². The molecule has 2 heterocycles. The van der Waals surface area contributed by atoms with E-state index in [1.54, 1.807) is 29.2 Å². The lowest BCUT2D eigenvalue weighted by molar-refractivity contribution is -0.139. The van der Waals surface area contributed by atoms with Crippen LogP contribution in [0.1, 0.15) is 5.56 Å². The number of rotatable bonds is 5.